The van der Waals surface area contributed by atoms with Crippen LogP contribution in [0.15, 0.2) is 30.5 Å². The molecule has 0 radical (unpaired) electrons. The first-order valence-electron chi connectivity index (χ1n) is 6.25. The third-order valence-corrected chi connectivity index (χ3v) is 2.99. The van der Waals surface area contributed by atoms with E-state index in [9.17, 15) is 4.79 Å². The van der Waals surface area contributed by atoms with E-state index in [1.54, 1.807) is 30.5 Å². The molecular weight excluding hydrogens is 296 g/mol. The number of nitrogens with one attached hydrogen (secondary N) is 1. The number of nitrogens with zero attached hydrogens (tertiary/aromatic N) is 3. The molecule has 1 unspecified atom stereocenters. The Morgan fingerprint density at radius 3 is 3.05 bits per heavy atom. The zero-order valence-corrected chi connectivity index (χ0v) is 12.1. The van der Waals surface area contributed by atoms with E-state index in [-0.39, 0.29) is 6.61 Å². The first kappa shape index (κ1) is 15.3. The molecule has 1 heterocycles. The summed E-state index contributed by atoms with van der Waals surface area (Å²) in [7, 11) is 1.30. The van der Waals surface area contributed by atoms with Crippen molar-refractivity contribution in [3.05, 3.63) is 41.2 Å². The fourth-order valence-corrected chi connectivity index (χ4v) is 1.96. The molecule has 1 aromatic heterocycles. The predicted octanol–water partition coefficient (Wildman–Crippen LogP) is 1.25. The van der Waals surface area contributed by atoms with Gasteiger partial charge in [0.2, 0.25) is 0 Å². The highest BCUT2D eigenvalue weighted by Crippen LogP contribution is 2.21. The van der Waals surface area contributed by atoms with Crippen LogP contribution in [0, 0.1) is 0 Å². The van der Waals surface area contributed by atoms with Crippen LogP contribution in [0.2, 0.25) is 5.02 Å². The number of benzene rings is 1. The first-order valence-corrected chi connectivity index (χ1v) is 6.62. The van der Waals surface area contributed by atoms with Crippen LogP contribution in [-0.4, -0.2) is 39.8 Å². The summed E-state index contributed by atoms with van der Waals surface area (Å²) in [6.45, 7) is 0.242. The maximum atomic E-state index is 11.9. The van der Waals surface area contributed by atoms with Gasteiger partial charge in [-0.1, -0.05) is 22.9 Å². The fraction of sp³-hybridized carbons (Fsp3) is 0.308. The molecule has 0 amide bonds. The molecule has 0 aliphatic carbocycles. The Labute approximate surface area is 126 Å². The number of anilines is 1. The highest BCUT2D eigenvalue weighted by atomic mass is 35.5. The lowest BCUT2D eigenvalue weighted by molar-refractivity contribution is -0.141. The van der Waals surface area contributed by atoms with Gasteiger partial charge in [0.05, 0.1) is 26.5 Å². The number of aliphatic hydroxyl groups excluding tert-OH is 1. The summed E-state index contributed by atoms with van der Waals surface area (Å²) in [6.07, 6.45) is 1.58. The van der Waals surface area contributed by atoms with Crippen molar-refractivity contribution in [2.24, 2.45) is 0 Å². The van der Waals surface area contributed by atoms with Gasteiger partial charge in [0.15, 0.2) is 6.04 Å². The molecule has 1 atom stereocenters. The molecule has 0 aliphatic rings. The molecule has 0 fully saturated rings. The molecule has 0 saturated carbocycles. The molecule has 1 aromatic carbocycles. The maximum absolute atomic E-state index is 11.9. The summed E-state index contributed by atoms with van der Waals surface area (Å²) in [4.78, 5) is 11.9. The molecule has 2 rings (SSSR count). The Kier molecular flexibility index (Phi) is 5.13. The Hall–Kier alpha value is -2.12. The van der Waals surface area contributed by atoms with Gasteiger partial charge in [-0.15, -0.1) is 5.10 Å². The van der Waals surface area contributed by atoms with Crippen LogP contribution < -0.4 is 5.32 Å². The SMILES string of the molecule is COC(=O)C(Nc1cccc(Cl)c1)c1cn(CCO)nn1. The van der Waals surface area contributed by atoms with Crippen molar-refractivity contribution in [3.8, 4) is 0 Å². The van der Waals surface area contributed by atoms with Gasteiger partial charge in [-0.3, -0.25) is 0 Å². The average molecular weight is 311 g/mol. The van der Waals surface area contributed by atoms with Crippen LogP contribution in [0.4, 0.5) is 5.69 Å². The highest BCUT2D eigenvalue weighted by Gasteiger charge is 2.24. The third kappa shape index (κ3) is 3.93. The lowest BCUT2D eigenvalue weighted by Crippen LogP contribution is -2.22. The minimum absolute atomic E-state index is 0.0621. The van der Waals surface area contributed by atoms with E-state index in [2.05, 4.69) is 15.6 Å². The van der Waals surface area contributed by atoms with E-state index < -0.39 is 12.0 Å². The number of methoxy groups -OCH3 is 1. The van der Waals surface area contributed by atoms with Crippen molar-refractivity contribution >= 4 is 23.3 Å². The Morgan fingerprint density at radius 2 is 2.38 bits per heavy atom. The van der Waals surface area contributed by atoms with Crippen molar-refractivity contribution < 1.29 is 14.6 Å². The van der Waals surface area contributed by atoms with Crippen LogP contribution in [0.25, 0.3) is 0 Å². The van der Waals surface area contributed by atoms with Gasteiger partial charge >= 0.3 is 5.97 Å². The van der Waals surface area contributed by atoms with E-state index >= 15 is 0 Å². The molecule has 2 N–H and O–H groups in total. The minimum atomic E-state index is -0.805. The standard InChI is InChI=1S/C13H15ClN4O3/c1-21-13(20)12(11-8-18(5-6-19)17-16-11)15-10-4-2-3-9(14)7-10/h2-4,7-8,12,15,19H,5-6H2,1H3. The van der Waals surface area contributed by atoms with Crippen LogP contribution >= 0.6 is 11.6 Å². The van der Waals surface area contributed by atoms with E-state index in [0.717, 1.165) is 0 Å². The number of carbonyl (C=O) groups is 1. The second-order valence-corrected chi connectivity index (χ2v) is 4.68. The fourth-order valence-electron chi connectivity index (χ4n) is 1.77. The van der Waals surface area contributed by atoms with E-state index in [0.29, 0.717) is 22.9 Å². The van der Waals surface area contributed by atoms with Crippen LogP contribution in [0.1, 0.15) is 11.7 Å². The van der Waals surface area contributed by atoms with E-state index in [4.69, 9.17) is 21.4 Å². The number of esters is 1. The number of hydrogen-bond acceptors (Lipinski definition) is 6. The average Bonchev–Trinajstić information content (AvgIpc) is 2.93. The van der Waals surface area contributed by atoms with E-state index in [1.807, 2.05) is 0 Å². The van der Waals surface area contributed by atoms with Crippen LogP contribution in [-0.2, 0) is 16.1 Å². The molecule has 2 aromatic rings. The summed E-state index contributed by atoms with van der Waals surface area (Å²) >= 11 is 5.92. The van der Waals surface area contributed by atoms with E-state index in [1.165, 1.54) is 11.8 Å². The molecular formula is C13H15ClN4O3. The topological polar surface area (TPSA) is 89.3 Å². The lowest BCUT2D eigenvalue weighted by atomic mass is 10.2. The number of hydrogen-bond donors (Lipinski definition) is 2. The molecule has 112 valence electrons. The molecule has 0 spiro atoms. The zero-order valence-electron chi connectivity index (χ0n) is 11.4. The number of rotatable bonds is 6. The summed E-state index contributed by atoms with van der Waals surface area (Å²) < 4.78 is 6.23. The largest absolute Gasteiger partial charge is 0.467 e. The second-order valence-electron chi connectivity index (χ2n) is 4.24. The maximum Gasteiger partial charge on any atom is 0.334 e. The first-order chi connectivity index (χ1) is 10.1. The number of ether oxygens (including phenoxy) is 1. The van der Waals surface area contributed by atoms with Gasteiger partial charge in [0.25, 0.3) is 0 Å². The molecule has 21 heavy (non-hydrogen) atoms. The van der Waals surface area contributed by atoms with Gasteiger partial charge in [-0.05, 0) is 18.2 Å². The molecule has 8 heteroatoms. The predicted molar refractivity (Wildman–Crippen MR) is 76.9 cm³/mol. The van der Waals surface area contributed by atoms with Gasteiger partial charge in [-0.2, -0.15) is 0 Å². The number of aromatic nitrogens is 3. The number of aliphatic hydroxyl groups is 1. The Bertz CT molecular complexity index is 617. The molecule has 0 aliphatic heterocycles. The lowest BCUT2D eigenvalue weighted by Gasteiger charge is -2.15. The number of carbonyl (C=O) groups excluding carboxylic acids is 1. The Balaban J connectivity index is 2.23. The molecule has 0 bridgehead atoms. The summed E-state index contributed by atoms with van der Waals surface area (Å²) in [5.41, 5.74) is 1.06. The van der Waals surface area contributed by atoms with Gasteiger partial charge in [-0.25, -0.2) is 9.48 Å². The Morgan fingerprint density at radius 1 is 1.57 bits per heavy atom. The van der Waals surface area contributed by atoms with Crippen molar-refractivity contribution in [2.45, 2.75) is 12.6 Å². The zero-order chi connectivity index (χ0) is 15.2. The van der Waals surface area contributed by atoms with Crippen molar-refractivity contribution in [2.75, 3.05) is 19.0 Å². The summed E-state index contributed by atoms with van der Waals surface area (Å²) in [6, 6.07) is 6.16. The molecule has 7 nitrogen and oxygen atoms in total. The van der Waals surface area contributed by atoms with Crippen molar-refractivity contribution in [3.63, 3.8) is 0 Å². The molecule has 0 saturated heterocycles. The minimum Gasteiger partial charge on any atom is -0.467 e. The van der Waals surface area contributed by atoms with Crippen molar-refractivity contribution in [1.29, 1.82) is 0 Å². The van der Waals surface area contributed by atoms with Gasteiger partial charge in [0.1, 0.15) is 5.69 Å². The summed E-state index contributed by atoms with van der Waals surface area (Å²) in [5.74, 6) is -0.494. The second kappa shape index (κ2) is 7.05. The van der Waals surface area contributed by atoms with Crippen LogP contribution in [0.3, 0.4) is 0 Å². The monoisotopic (exact) mass is 310 g/mol. The third-order valence-electron chi connectivity index (χ3n) is 2.75. The summed E-state index contributed by atoms with van der Waals surface area (Å²) in [5, 5.41) is 20.2. The normalized spacial score (nSPS) is 12.0. The highest BCUT2D eigenvalue weighted by molar-refractivity contribution is 6.30. The van der Waals surface area contributed by atoms with Crippen molar-refractivity contribution in [1.82, 2.24) is 15.0 Å². The quantitative estimate of drug-likeness (QED) is 0.781. The van der Waals surface area contributed by atoms with Gasteiger partial charge < -0.3 is 15.2 Å². The van der Waals surface area contributed by atoms with Gasteiger partial charge in [0, 0.05) is 10.7 Å². The van der Waals surface area contributed by atoms with Crippen LogP contribution in [0.5, 0.6) is 0 Å². The number of halogens is 1. The smallest absolute Gasteiger partial charge is 0.334 e.